The van der Waals surface area contributed by atoms with Crippen LogP contribution in [0.3, 0.4) is 0 Å². The fraction of sp³-hybridized carbons (Fsp3) is 0.250. The molecule has 5 rings (SSSR count). The highest BCUT2D eigenvalue weighted by Gasteiger charge is 2.17. The van der Waals surface area contributed by atoms with Crippen molar-refractivity contribution in [2.75, 3.05) is 36.5 Å². The maximum atomic E-state index is 14.1. The van der Waals surface area contributed by atoms with E-state index in [0.29, 0.717) is 37.0 Å². The van der Waals surface area contributed by atoms with Gasteiger partial charge in [0.1, 0.15) is 6.54 Å². The summed E-state index contributed by atoms with van der Waals surface area (Å²) in [7, 11) is 0. The number of azo groups is 1. The molecule has 0 spiro atoms. The van der Waals surface area contributed by atoms with E-state index in [-0.39, 0.29) is 18.3 Å². The molecule has 0 aliphatic carbocycles. The van der Waals surface area contributed by atoms with Gasteiger partial charge in [-0.3, -0.25) is 10.1 Å². The lowest BCUT2D eigenvalue weighted by Crippen LogP contribution is -2.37. The van der Waals surface area contributed by atoms with Gasteiger partial charge in [-0.05, 0) is 43.3 Å². The van der Waals surface area contributed by atoms with E-state index in [9.17, 15) is 4.39 Å². The second-order valence-corrected chi connectivity index (χ2v) is 8.54. The summed E-state index contributed by atoms with van der Waals surface area (Å²) < 4.78 is 19.5. The number of benzene rings is 1. The highest BCUT2D eigenvalue weighted by atomic mass is 35.5. The summed E-state index contributed by atoms with van der Waals surface area (Å²) in [5.74, 6) is -0.183. The van der Waals surface area contributed by atoms with Crippen molar-refractivity contribution in [2.45, 2.75) is 13.5 Å². The average Bonchev–Trinajstić information content (AvgIpc) is 3.32. The van der Waals surface area contributed by atoms with Crippen molar-refractivity contribution in [2.24, 2.45) is 10.2 Å². The topological polar surface area (TPSA) is 117 Å². The van der Waals surface area contributed by atoms with Crippen LogP contribution in [0.4, 0.5) is 27.5 Å². The third-order valence-electron chi connectivity index (χ3n) is 5.48. The molecule has 0 atom stereocenters. The number of ether oxygens (including phenoxy) is 1. The molecule has 2 N–H and O–H groups in total. The molecule has 3 aromatic heterocycles. The summed E-state index contributed by atoms with van der Waals surface area (Å²) in [5.41, 5.74) is 4.96. The van der Waals surface area contributed by atoms with Crippen LogP contribution in [0.5, 0.6) is 0 Å². The zero-order valence-corrected chi connectivity index (χ0v) is 20.2. The van der Waals surface area contributed by atoms with Gasteiger partial charge in [-0.15, -0.1) is 5.11 Å². The summed E-state index contributed by atoms with van der Waals surface area (Å²) in [6, 6.07) is 11.4. The van der Waals surface area contributed by atoms with Crippen LogP contribution < -0.4 is 10.2 Å². The number of H-pyrrole nitrogens is 1. The molecular formula is C24H23ClFN9O. The minimum Gasteiger partial charge on any atom is -0.378 e. The maximum Gasteiger partial charge on any atom is 0.270 e. The second kappa shape index (κ2) is 10.8. The normalized spacial score (nSPS) is 13.9. The lowest BCUT2D eigenvalue weighted by atomic mass is 10.1. The van der Waals surface area contributed by atoms with Gasteiger partial charge < -0.3 is 15.0 Å². The molecule has 184 valence electrons. The molecule has 10 nitrogen and oxygen atoms in total. The lowest BCUT2D eigenvalue weighted by Gasteiger charge is -2.27. The third-order valence-corrected chi connectivity index (χ3v) is 5.79. The van der Waals surface area contributed by atoms with E-state index in [1.54, 1.807) is 6.20 Å². The van der Waals surface area contributed by atoms with E-state index in [1.165, 1.54) is 0 Å². The first-order chi connectivity index (χ1) is 17.5. The van der Waals surface area contributed by atoms with Gasteiger partial charge in [0.2, 0.25) is 0 Å². The van der Waals surface area contributed by atoms with Crippen LogP contribution in [0.25, 0.3) is 11.3 Å². The number of aromatic nitrogens is 5. The Morgan fingerprint density at radius 3 is 2.67 bits per heavy atom. The van der Waals surface area contributed by atoms with Crippen molar-refractivity contribution in [1.29, 1.82) is 0 Å². The van der Waals surface area contributed by atoms with E-state index < -0.39 is 5.82 Å². The van der Waals surface area contributed by atoms with Crippen LogP contribution in [0.2, 0.25) is 5.02 Å². The van der Waals surface area contributed by atoms with Gasteiger partial charge >= 0.3 is 0 Å². The minimum atomic E-state index is -0.493. The number of morpholine rings is 1. The predicted molar refractivity (Wildman–Crippen MR) is 135 cm³/mol. The molecule has 0 radical (unpaired) electrons. The number of anilines is 3. The van der Waals surface area contributed by atoms with Crippen molar-refractivity contribution in [3.63, 3.8) is 0 Å². The van der Waals surface area contributed by atoms with E-state index >= 15 is 0 Å². The molecule has 4 aromatic rings. The second-order valence-electron chi connectivity index (χ2n) is 8.13. The molecule has 0 unspecified atom stereocenters. The number of nitrogens with zero attached hydrogens (tertiary/aromatic N) is 7. The maximum absolute atomic E-state index is 14.1. The summed E-state index contributed by atoms with van der Waals surface area (Å²) in [6.07, 6.45) is 2.81. The van der Waals surface area contributed by atoms with Crippen molar-refractivity contribution >= 4 is 34.7 Å². The number of aryl methyl sites for hydroxylation is 1. The fourth-order valence-electron chi connectivity index (χ4n) is 3.68. The minimum absolute atomic E-state index is 0.0986. The zero-order chi connectivity index (χ0) is 24.9. The number of halogens is 2. The Labute approximate surface area is 211 Å². The molecule has 1 fully saturated rings. The molecule has 4 heterocycles. The van der Waals surface area contributed by atoms with E-state index in [2.05, 4.69) is 40.7 Å². The number of aromatic amines is 1. The summed E-state index contributed by atoms with van der Waals surface area (Å²) in [5, 5.41) is 19.2. The highest BCUT2D eigenvalue weighted by Crippen LogP contribution is 2.30. The zero-order valence-electron chi connectivity index (χ0n) is 19.4. The van der Waals surface area contributed by atoms with Crippen molar-refractivity contribution in [3.05, 3.63) is 71.0 Å². The van der Waals surface area contributed by atoms with Crippen molar-refractivity contribution < 1.29 is 9.13 Å². The monoisotopic (exact) mass is 507 g/mol. The van der Waals surface area contributed by atoms with Crippen LogP contribution in [0.15, 0.2) is 59.0 Å². The van der Waals surface area contributed by atoms with Crippen LogP contribution in [-0.4, -0.2) is 51.5 Å². The highest BCUT2D eigenvalue weighted by molar-refractivity contribution is 6.33. The van der Waals surface area contributed by atoms with Gasteiger partial charge in [0.05, 0.1) is 47.7 Å². The summed E-state index contributed by atoms with van der Waals surface area (Å²) in [6.45, 7) is 4.36. The molecule has 1 saturated heterocycles. The molecular weight excluding hydrogens is 485 g/mol. The Morgan fingerprint density at radius 2 is 1.94 bits per heavy atom. The SMILES string of the molecule is Cc1cc(-c2ccc(Nc3ccc(CN=Nc4ncc(F)c(N5CCOCC5)n4)nc3)cc2Cl)n[nH]1. The number of nitrogens with one attached hydrogen (secondary N) is 2. The number of rotatable bonds is 7. The average molecular weight is 508 g/mol. The van der Waals surface area contributed by atoms with Gasteiger partial charge in [-0.2, -0.15) is 15.2 Å². The van der Waals surface area contributed by atoms with E-state index in [1.807, 2.05) is 48.2 Å². The van der Waals surface area contributed by atoms with Gasteiger partial charge in [-0.1, -0.05) is 11.6 Å². The molecule has 0 saturated carbocycles. The summed E-state index contributed by atoms with van der Waals surface area (Å²) >= 11 is 6.46. The first kappa shape index (κ1) is 23.8. The van der Waals surface area contributed by atoms with Gasteiger partial charge in [0.15, 0.2) is 11.6 Å². The van der Waals surface area contributed by atoms with Crippen molar-refractivity contribution in [1.82, 2.24) is 25.1 Å². The van der Waals surface area contributed by atoms with Gasteiger partial charge in [0.25, 0.3) is 5.95 Å². The Kier molecular flexibility index (Phi) is 7.10. The van der Waals surface area contributed by atoms with Gasteiger partial charge in [0, 0.05) is 30.0 Å². The Bertz CT molecular complexity index is 1370. The quantitative estimate of drug-likeness (QED) is 0.329. The van der Waals surface area contributed by atoms with Crippen LogP contribution in [0.1, 0.15) is 11.4 Å². The summed E-state index contributed by atoms with van der Waals surface area (Å²) in [4.78, 5) is 14.3. The standard InChI is InChI=1S/C24H23ClFN9O/c1-15-10-22(33-32-15)19-5-4-16(11-20(19)25)30-18-3-2-17(27-12-18)13-29-34-24-28-14-21(26)23(31-24)35-6-8-36-9-7-35/h2-5,10-12,14,30H,6-9,13H2,1H3,(H,32,33). The first-order valence-corrected chi connectivity index (χ1v) is 11.7. The predicted octanol–water partition coefficient (Wildman–Crippen LogP) is 5.23. The van der Waals surface area contributed by atoms with E-state index in [4.69, 9.17) is 16.3 Å². The van der Waals surface area contributed by atoms with Crippen LogP contribution >= 0.6 is 11.6 Å². The fourth-order valence-corrected chi connectivity index (χ4v) is 3.96. The molecule has 12 heteroatoms. The Balaban J connectivity index is 1.20. The number of pyridine rings is 1. The number of hydrogen-bond acceptors (Lipinski definition) is 9. The smallest absolute Gasteiger partial charge is 0.270 e. The van der Waals surface area contributed by atoms with Crippen molar-refractivity contribution in [3.8, 4) is 11.3 Å². The molecule has 0 bridgehead atoms. The van der Waals surface area contributed by atoms with Gasteiger partial charge in [-0.25, -0.2) is 9.37 Å². The molecule has 1 aliphatic heterocycles. The molecule has 1 aliphatic rings. The Morgan fingerprint density at radius 1 is 1.11 bits per heavy atom. The first-order valence-electron chi connectivity index (χ1n) is 11.3. The lowest BCUT2D eigenvalue weighted by molar-refractivity contribution is 0.122. The van der Waals surface area contributed by atoms with Crippen LogP contribution in [0, 0.1) is 12.7 Å². The largest absolute Gasteiger partial charge is 0.378 e. The van der Waals surface area contributed by atoms with Crippen LogP contribution in [-0.2, 0) is 11.3 Å². The molecule has 0 amide bonds. The third kappa shape index (κ3) is 5.64. The number of hydrogen-bond donors (Lipinski definition) is 2. The molecule has 1 aromatic carbocycles. The Hall–Kier alpha value is -3.96. The van der Waals surface area contributed by atoms with E-state index in [0.717, 1.165) is 34.5 Å². The molecule has 36 heavy (non-hydrogen) atoms.